The molecule has 0 radical (unpaired) electrons. The fourth-order valence-corrected chi connectivity index (χ4v) is 6.04. The zero-order chi connectivity index (χ0) is 40.4. The lowest BCUT2D eigenvalue weighted by Crippen LogP contribution is -2.60. The van der Waals surface area contributed by atoms with E-state index in [4.69, 9.17) is 23.5 Å². The van der Waals surface area contributed by atoms with Gasteiger partial charge >= 0.3 is 16.4 Å². The molecule has 1 aliphatic rings. The van der Waals surface area contributed by atoms with E-state index in [-0.39, 0.29) is 19.6 Å². The second-order valence-electron chi connectivity index (χ2n) is 13.5. The quantitative estimate of drug-likeness (QED) is 0.0222. The van der Waals surface area contributed by atoms with Crippen molar-refractivity contribution in [1.29, 1.82) is 0 Å². The normalized spacial score (nSPS) is 21.7. The molecule has 1 saturated heterocycles. The smallest absolute Gasteiger partial charge is 0.397 e. The monoisotopic (exact) mass is 798 g/mol. The fourth-order valence-electron chi connectivity index (χ4n) is 5.53. The summed E-state index contributed by atoms with van der Waals surface area (Å²) in [5.41, 5.74) is 0. The van der Waals surface area contributed by atoms with E-state index in [1.165, 1.54) is 19.3 Å². The summed E-state index contributed by atoms with van der Waals surface area (Å²) in [5.74, 6) is -0.443. The summed E-state index contributed by atoms with van der Waals surface area (Å²) in [4.78, 5) is 12.3. The lowest BCUT2D eigenvalue weighted by atomic mass is 9.99. The molecule has 0 saturated carbocycles. The van der Waals surface area contributed by atoms with Gasteiger partial charge in [-0.3, -0.25) is 9.35 Å². The lowest BCUT2D eigenvalue weighted by Gasteiger charge is -2.41. The first-order valence-corrected chi connectivity index (χ1v) is 21.6. The highest BCUT2D eigenvalue weighted by atomic mass is 32.3. The first kappa shape index (κ1) is 50.6. The Hall–Kier alpha value is -2.46. The first-order valence-electron chi connectivity index (χ1n) is 20.2. The van der Waals surface area contributed by atoms with Gasteiger partial charge in [0, 0.05) is 13.0 Å². The Kier molecular flexibility index (Phi) is 30.9. The largest absolute Gasteiger partial charge is 0.457 e. The van der Waals surface area contributed by atoms with Gasteiger partial charge in [-0.2, -0.15) is 8.42 Å². The molecule has 12 nitrogen and oxygen atoms in total. The maximum Gasteiger partial charge on any atom is 0.397 e. The molecule has 1 fully saturated rings. The first-order chi connectivity index (χ1) is 26.6. The molecular formula is C42H70O12S. The van der Waals surface area contributed by atoms with Gasteiger partial charge in [-0.05, 0) is 64.2 Å². The zero-order valence-corrected chi connectivity index (χ0v) is 34.0. The molecule has 13 heteroatoms. The van der Waals surface area contributed by atoms with Crippen LogP contribution in [0.4, 0.5) is 0 Å². The summed E-state index contributed by atoms with van der Waals surface area (Å²) >= 11 is 0. The molecule has 0 aromatic rings. The van der Waals surface area contributed by atoms with Crippen molar-refractivity contribution in [2.75, 3.05) is 26.4 Å². The fraction of sp³-hybridized carbons (Fsp3) is 0.690. The molecule has 1 aliphatic heterocycles. The molecule has 0 aliphatic carbocycles. The van der Waals surface area contributed by atoms with Gasteiger partial charge < -0.3 is 34.3 Å². The molecule has 0 bridgehead atoms. The molecular weight excluding hydrogens is 729 g/mol. The number of rotatable bonds is 33. The third kappa shape index (κ3) is 27.7. The molecule has 1 rings (SSSR count). The minimum Gasteiger partial charge on any atom is -0.457 e. The van der Waals surface area contributed by atoms with Gasteiger partial charge in [-0.1, -0.05) is 125 Å². The number of carbonyl (C=O) groups excluding carboxylic acids is 1. The molecule has 1 heterocycles. The average molecular weight is 799 g/mol. The van der Waals surface area contributed by atoms with E-state index in [9.17, 15) is 28.5 Å². The van der Waals surface area contributed by atoms with Gasteiger partial charge in [0.2, 0.25) is 0 Å². The molecule has 4 N–H and O–H groups in total. The number of ether oxygens (including phenoxy) is 4. The summed E-state index contributed by atoms with van der Waals surface area (Å²) in [7, 11) is -5.05. The van der Waals surface area contributed by atoms with E-state index in [1.54, 1.807) is 0 Å². The number of aliphatic hydroxyl groups excluding tert-OH is 3. The highest BCUT2D eigenvalue weighted by Crippen LogP contribution is 2.26. The van der Waals surface area contributed by atoms with Gasteiger partial charge in [0.25, 0.3) is 0 Å². The lowest BCUT2D eigenvalue weighted by molar-refractivity contribution is -0.301. The van der Waals surface area contributed by atoms with Gasteiger partial charge in [0.05, 0.1) is 19.8 Å². The highest BCUT2D eigenvalue weighted by molar-refractivity contribution is 7.80. The van der Waals surface area contributed by atoms with Crippen LogP contribution in [0.2, 0.25) is 0 Å². The Labute approximate surface area is 331 Å². The van der Waals surface area contributed by atoms with Crippen molar-refractivity contribution >= 4 is 16.4 Å². The second-order valence-corrected chi connectivity index (χ2v) is 14.5. The maximum atomic E-state index is 12.3. The summed E-state index contributed by atoms with van der Waals surface area (Å²) in [5, 5.41) is 30.3. The molecule has 0 aromatic heterocycles. The van der Waals surface area contributed by atoms with Gasteiger partial charge in [-0.15, -0.1) is 0 Å². The average Bonchev–Trinajstić information content (AvgIpc) is 3.15. The van der Waals surface area contributed by atoms with Crippen LogP contribution in [-0.2, 0) is 38.3 Å². The van der Waals surface area contributed by atoms with Gasteiger partial charge in [-0.25, -0.2) is 4.18 Å². The van der Waals surface area contributed by atoms with Crippen LogP contribution in [0, 0.1) is 0 Å². The summed E-state index contributed by atoms with van der Waals surface area (Å²) in [6.45, 7) is 3.54. The van der Waals surface area contributed by atoms with Crippen LogP contribution in [0.1, 0.15) is 123 Å². The van der Waals surface area contributed by atoms with Crippen LogP contribution < -0.4 is 0 Å². The van der Waals surface area contributed by atoms with E-state index in [0.29, 0.717) is 13.0 Å². The molecule has 0 aromatic carbocycles. The predicted octanol–water partition coefficient (Wildman–Crippen LogP) is 7.57. The SMILES string of the molecule is CC/C=C\C/C=C\C/C=C\C/C=C\C/C=C\C/C=C\CCCCCCCCCOCC(COC1OC(CO)C(O)C(OS(=O)(=O)O)C1O)OC(=O)CCCC. The topological polar surface area (TPSA) is 178 Å². The summed E-state index contributed by atoms with van der Waals surface area (Å²) < 4.78 is 58.2. The van der Waals surface area contributed by atoms with Crippen LogP contribution in [0.3, 0.4) is 0 Å². The summed E-state index contributed by atoms with van der Waals surface area (Å²) in [6, 6.07) is 0. The van der Waals surface area contributed by atoms with E-state index in [1.807, 2.05) is 6.92 Å². The van der Waals surface area contributed by atoms with Crippen LogP contribution in [-0.4, -0.2) is 97.5 Å². The van der Waals surface area contributed by atoms with E-state index in [0.717, 1.165) is 77.0 Å². The van der Waals surface area contributed by atoms with Crippen molar-refractivity contribution in [1.82, 2.24) is 0 Å². The minimum atomic E-state index is -5.05. The number of hydrogen-bond acceptors (Lipinski definition) is 11. The molecule has 55 heavy (non-hydrogen) atoms. The molecule has 316 valence electrons. The third-order valence-corrected chi connectivity index (χ3v) is 9.06. The number of carbonyl (C=O) groups is 1. The number of allylic oxidation sites excluding steroid dienone is 12. The van der Waals surface area contributed by atoms with Gasteiger partial charge in [0.15, 0.2) is 6.29 Å². The number of unbranched alkanes of at least 4 members (excludes halogenated alkanes) is 8. The number of aliphatic hydroxyl groups is 3. The number of esters is 1. The van der Waals surface area contributed by atoms with Crippen molar-refractivity contribution in [3.8, 4) is 0 Å². The Morgan fingerprint density at radius 1 is 0.709 bits per heavy atom. The third-order valence-electron chi connectivity index (χ3n) is 8.59. The van der Waals surface area contributed by atoms with E-state index >= 15 is 0 Å². The van der Waals surface area contributed by atoms with Crippen LogP contribution >= 0.6 is 0 Å². The standard InChI is InChI=1S/C42H70O12S/c1-3-5-7-8-9-10-11-12-13-14-15-16-17-18-19-20-21-22-23-24-25-26-27-28-29-30-32-50-34-36(52-38(44)31-6-4-2)35-51-42-40(46)41(54-55(47,48)49)39(45)37(33-43)53-42/h5,7,9-10,12-13,15-16,18-19,21-22,36-37,39-43,45-46H,3-4,6,8,11,14,17,20,23-35H2,1-2H3,(H,47,48,49)/b7-5-,10-9-,13-12-,16-15-,19-18-,22-21-. The van der Waals surface area contributed by atoms with Crippen LogP contribution in [0.5, 0.6) is 0 Å². The highest BCUT2D eigenvalue weighted by Gasteiger charge is 2.48. The van der Waals surface area contributed by atoms with Crippen LogP contribution in [0.25, 0.3) is 0 Å². The molecule has 6 atom stereocenters. The molecule has 0 spiro atoms. The van der Waals surface area contributed by atoms with E-state index in [2.05, 4.69) is 84.0 Å². The van der Waals surface area contributed by atoms with Crippen LogP contribution in [0.15, 0.2) is 72.9 Å². The van der Waals surface area contributed by atoms with Gasteiger partial charge in [0.1, 0.15) is 30.5 Å². The Morgan fingerprint density at radius 2 is 1.24 bits per heavy atom. The Morgan fingerprint density at radius 3 is 1.76 bits per heavy atom. The summed E-state index contributed by atoms with van der Waals surface area (Å²) in [6.07, 6.45) is 33.7. The predicted molar refractivity (Wildman–Crippen MR) is 216 cm³/mol. The van der Waals surface area contributed by atoms with E-state index < -0.39 is 59.8 Å². The van der Waals surface area contributed by atoms with Crippen molar-refractivity contribution in [2.45, 2.75) is 160 Å². The van der Waals surface area contributed by atoms with Crippen molar-refractivity contribution in [3.63, 3.8) is 0 Å². The molecule has 0 amide bonds. The van der Waals surface area contributed by atoms with Crippen molar-refractivity contribution in [2.24, 2.45) is 0 Å². The second kappa shape index (κ2) is 33.7. The number of hydrogen-bond donors (Lipinski definition) is 4. The maximum absolute atomic E-state index is 12.3. The zero-order valence-electron chi connectivity index (χ0n) is 33.2. The van der Waals surface area contributed by atoms with Crippen molar-refractivity contribution in [3.05, 3.63) is 72.9 Å². The Balaban J connectivity index is 2.20. The van der Waals surface area contributed by atoms with Crippen molar-refractivity contribution < 1.29 is 56.2 Å². The molecule has 6 unspecified atom stereocenters. The Bertz CT molecular complexity index is 1240. The minimum absolute atomic E-state index is 0.0201.